The maximum absolute atomic E-state index is 11.5. The molecule has 0 radical (unpaired) electrons. The molecule has 0 atom stereocenters. The molecule has 1 aliphatic heterocycles. The molecule has 1 fully saturated rings. The van der Waals surface area contributed by atoms with Crippen LogP contribution >= 0.6 is 11.6 Å². The Morgan fingerprint density at radius 2 is 2.09 bits per heavy atom. The van der Waals surface area contributed by atoms with Gasteiger partial charge in [0.15, 0.2) is 0 Å². The molecule has 2 heterocycles. The van der Waals surface area contributed by atoms with Crippen LogP contribution in [0.3, 0.4) is 0 Å². The van der Waals surface area contributed by atoms with Crippen molar-refractivity contribution in [2.75, 3.05) is 19.6 Å². The summed E-state index contributed by atoms with van der Waals surface area (Å²) in [7, 11) is 0. The Bertz CT molecular complexity index is 669. The van der Waals surface area contributed by atoms with Crippen LogP contribution in [0.5, 0.6) is 0 Å². The Labute approximate surface area is 141 Å². The number of amides is 1. The standard InChI is InChI=1S/C18H21ClN2O2/c19-16-6-2-1-5-15(16)17-9-8-14(23-17)13-20-10-4-12-21-11-3-7-18(21)22/h1-2,5-6,8-9,20H,3-4,7,10-13H2. The number of nitrogens with zero attached hydrogens (tertiary/aromatic N) is 1. The Balaban J connectivity index is 1.43. The fraction of sp³-hybridized carbons (Fsp3) is 0.389. The van der Waals surface area contributed by atoms with Gasteiger partial charge in [-0.1, -0.05) is 23.7 Å². The lowest BCUT2D eigenvalue weighted by molar-refractivity contribution is -0.127. The second-order valence-corrected chi connectivity index (χ2v) is 6.17. The molecule has 0 unspecified atom stereocenters. The van der Waals surface area contributed by atoms with Crippen molar-refractivity contribution in [3.05, 3.63) is 47.2 Å². The summed E-state index contributed by atoms with van der Waals surface area (Å²) in [4.78, 5) is 13.5. The highest BCUT2D eigenvalue weighted by atomic mass is 35.5. The Kier molecular flexibility index (Phi) is 5.36. The van der Waals surface area contributed by atoms with E-state index in [0.717, 1.165) is 49.6 Å². The van der Waals surface area contributed by atoms with Gasteiger partial charge in [0.25, 0.3) is 0 Å². The molecule has 0 spiro atoms. The van der Waals surface area contributed by atoms with E-state index in [9.17, 15) is 4.79 Å². The first kappa shape index (κ1) is 16.1. The summed E-state index contributed by atoms with van der Waals surface area (Å²) < 4.78 is 5.84. The number of hydrogen-bond acceptors (Lipinski definition) is 3. The van der Waals surface area contributed by atoms with Crippen LogP contribution in [0.2, 0.25) is 5.02 Å². The van der Waals surface area contributed by atoms with Crippen LogP contribution in [0.25, 0.3) is 11.3 Å². The van der Waals surface area contributed by atoms with Crippen molar-refractivity contribution in [3.8, 4) is 11.3 Å². The van der Waals surface area contributed by atoms with Crippen molar-refractivity contribution in [1.82, 2.24) is 10.2 Å². The maximum Gasteiger partial charge on any atom is 0.222 e. The summed E-state index contributed by atoms with van der Waals surface area (Å²) in [6.07, 6.45) is 2.68. The highest BCUT2D eigenvalue weighted by molar-refractivity contribution is 6.33. The molecule has 1 N–H and O–H groups in total. The summed E-state index contributed by atoms with van der Waals surface area (Å²) in [6.45, 7) is 3.30. The third-order valence-corrected chi connectivity index (χ3v) is 4.38. The van der Waals surface area contributed by atoms with Gasteiger partial charge in [-0.05, 0) is 43.7 Å². The minimum absolute atomic E-state index is 0.292. The van der Waals surface area contributed by atoms with E-state index >= 15 is 0 Å². The minimum Gasteiger partial charge on any atom is -0.460 e. The summed E-state index contributed by atoms with van der Waals surface area (Å²) >= 11 is 6.18. The zero-order chi connectivity index (χ0) is 16.1. The highest BCUT2D eigenvalue weighted by Crippen LogP contribution is 2.28. The van der Waals surface area contributed by atoms with E-state index in [1.807, 2.05) is 41.3 Å². The third-order valence-electron chi connectivity index (χ3n) is 4.05. The molecule has 1 aromatic carbocycles. The van der Waals surface area contributed by atoms with Crippen molar-refractivity contribution >= 4 is 17.5 Å². The van der Waals surface area contributed by atoms with Crippen LogP contribution in [0.4, 0.5) is 0 Å². The van der Waals surface area contributed by atoms with Gasteiger partial charge in [0.2, 0.25) is 5.91 Å². The monoisotopic (exact) mass is 332 g/mol. The van der Waals surface area contributed by atoms with Gasteiger partial charge in [-0.2, -0.15) is 0 Å². The van der Waals surface area contributed by atoms with Crippen LogP contribution in [0.1, 0.15) is 25.0 Å². The van der Waals surface area contributed by atoms with Gasteiger partial charge in [-0.3, -0.25) is 4.79 Å². The molecule has 1 saturated heterocycles. The zero-order valence-corrected chi connectivity index (χ0v) is 13.8. The summed E-state index contributed by atoms with van der Waals surface area (Å²) in [6, 6.07) is 11.6. The molecule has 5 heteroatoms. The number of hydrogen-bond donors (Lipinski definition) is 1. The number of nitrogens with one attached hydrogen (secondary N) is 1. The lowest BCUT2D eigenvalue weighted by atomic mass is 10.2. The van der Waals surface area contributed by atoms with Crippen molar-refractivity contribution in [2.24, 2.45) is 0 Å². The molecular formula is C18H21ClN2O2. The molecule has 1 amide bonds. The van der Waals surface area contributed by atoms with Crippen molar-refractivity contribution in [3.63, 3.8) is 0 Å². The van der Waals surface area contributed by atoms with Crippen LogP contribution in [-0.4, -0.2) is 30.4 Å². The van der Waals surface area contributed by atoms with Crippen molar-refractivity contribution in [2.45, 2.75) is 25.8 Å². The number of carbonyl (C=O) groups is 1. The third kappa shape index (κ3) is 4.15. The van der Waals surface area contributed by atoms with Gasteiger partial charge < -0.3 is 14.6 Å². The summed E-state index contributed by atoms with van der Waals surface area (Å²) in [5.41, 5.74) is 0.910. The number of halogens is 1. The van der Waals surface area contributed by atoms with Gasteiger partial charge >= 0.3 is 0 Å². The molecular weight excluding hydrogens is 312 g/mol. The first-order valence-electron chi connectivity index (χ1n) is 8.06. The molecule has 3 rings (SSSR count). The summed E-state index contributed by atoms with van der Waals surface area (Å²) in [5.74, 6) is 1.97. The molecule has 2 aromatic rings. The number of furan rings is 1. The maximum atomic E-state index is 11.5. The molecule has 122 valence electrons. The molecule has 1 aromatic heterocycles. The zero-order valence-electron chi connectivity index (χ0n) is 13.1. The molecule has 4 nitrogen and oxygen atoms in total. The number of carbonyl (C=O) groups excluding carboxylic acids is 1. The van der Waals surface area contributed by atoms with E-state index < -0.39 is 0 Å². The van der Waals surface area contributed by atoms with E-state index in [1.165, 1.54) is 0 Å². The van der Waals surface area contributed by atoms with Crippen LogP contribution in [0, 0.1) is 0 Å². The fourth-order valence-corrected chi connectivity index (χ4v) is 3.05. The second-order valence-electron chi connectivity index (χ2n) is 5.76. The predicted octanol–water partition coefficient (Wildman–Crippen LogP) is 3.70. The largest absolute Gasteiger partial charge is 0.460 e. The van der Waals surface area contributed by atoms with E-state index in [2.05, 4.69) is 5.32 Å². The van der Waals surface area contributed by atoms with Gasteiger partial charge in [0.1, 0.15) is 11.5 Å². The van der Waals surface area contributed by atoms with Crippen molar-refractivity contribution in [1.29, 1.82) is 0 Å². The Morgan fingerprint density at radius 1 is 1.22 bits per heavy atom. The first-order chi connectivity index (χ1) is 11.2. The lowest BCUT2D eigenvalue weighted by Gasteiger charge is -2.15. The fourth-order valence-electron chi connectivity index (χ4n) is 2.83. The quantitative estimate of drug-likeness (QED) is 0.786. The van der Waals surface area contributed by atoms with Gasteiger partial charge in [0.05, 0.1) is 11.6 Å². The minimum atomic E-state index is 0.292. The lowest BCUT2D eigenvalue weighted by Crippen LogP contribution is -2.28. The van der Waals surface area contributed by atoms with Crippen LogP contribution in [-0.2, 0) is 11.3 Å². The molecule has 23 heavy (non-hydrogen) atoms. The second kappa shape index (κ2) is 7.66. The predicted molar refractivity (Wildman–Crippen MR) is 91.3 cm³/mol. The van der Waals surface area contributed by atoms with E-state index in [0.29, 0.717) is 23.9 Å². The van der Waals surface area contributed by atoms with E-state index in [1.54, 1.807) is 0 Å². The SMILES string of the molecule is O=C1CCCN1CCCNCc1ccc(-c2ccccc2Cl)o1. The number of benzene rings is 1. The average molecular weight is 333 g/mol. The first-order valence-corrected chi connectivity index (χ1v) is 8.44. The van der Waals surface area contributed by atoms with Gasteiger partial charge in [-0.15, -0.1) is 0 Å². The van der Waals surface area contributed by atoms with Gasteiger partial charge in [0, 0.05) is 25.1 Å². The average Bonchev–Trinajstić information content (AvgIpc) is 3.17. The topological polar surface area (TPSA) is 45.5 Å². The molecule has 0 aliphatic carbocycles. The van der Waals surface area contributed by atoms with Crippen LogP contribution < -0.4 is 5.32 Å². The van der Waals surface area contributed by atoms with Crippen molar-refractivity contribution < 1.29 is 9.21 Å². The number of rotatable bonds is 7. The smallest absolute Gasteiger partial charge is 0.222 e. The van der Waals surface area contributed by atoms with E-state index in [-0.39, 0.29) is 0 Å². The number of likely N-dealkylation sites (tertiary alicyclic amines) is 1. The van der Waals surface area contributed by atoms with Crippen LogP contribution in [0.15, 0.2) is 40.8 Å². The summed E-state index contributed by atoms with van der Waals surface area (Å²) in [5, 5.41) is 4.05. The molecule has 0 bridgehead atoms. The molecule has 1 aliphatic rings. The highest BCUT2D eigenvalue weighted by Gasteiger charge is 2.18. The van der Waals surface area contributed by atoms with Gasteiger partial charge in [-0.25, -0.2) is 0 Å². The normalized spacial score (nSPS) is 14.7. The Hall–Kier alpha value is -1.78. The molecule has 0 saturated carbocycles. The van der Waals surface area contributed by atoms with E-state index in [4.69, 9.17) is 16.0 Å². The Morgan fingerprint density at radius 3 is 2.87 bits per heavy atom.